The molecule has 4 atom stereocenters. The van der Waals surface area contributed by atoms with Crippen LogP contribution in [0.2, 0.25) is 0 Å². The lowest BCUT2D eigenvalue weighted by Gasteiger charge is -2.37. The van der Waals surface area contributed by atoms with Crippen LogP contribution in [-0.2, 0) is 33.4 Å². The molecule has 0 N–H and O–H groups in total. The number of methoxy groups -OCH3 is 1. The Morgan fingerprint density at radius 3 is 2.28 bits per heavy atom. The maximum atomic E-state index is 13.2. The van der Waals surface area contributed by atoms with Gasteiger partial charge < -0.3 is 19.1 Å². The zero-order chi connectivity index (χ0) is 27.4. The fraction of sp³-hybridized carbons (Fsp3) is 0.857. The molecule has 208 valence electrons. The molecule has 0 aromatic heterocycles. The zero-order valence-electron chi connectivity index (χ0n) is 23.7. The average Bonchev–Trinajstić information content (AvgIpc) is 3.27. The molecule has 1 fully saturated rings. The lowest BCUT2D eigenvalue weighted by atomic mass is 9.68. The van der Waals surface area contributed by atoms with Crippen LogP contribution in [0.3, 0.4) is 0 Å². The Balaban J connectivity index is 2.81. The van der Waals surface area contributed by atoms with E-state index in [2.05, 4.69) is 13.8 Å². The lowest BCUT2D eigenvalue weighted by molar-refractivity contribution is -0.165. The molecule has 0 spiro atoms. The van der Waals surface area contributed by atoms with Crippen LogP contribution in [0.4, 0.5) is 0 Å². The van der Waals surface area contributed by atoms with Gasteiger partial charge in [0.05, 0.1) is 37.0 Å². The standard InChI is InChI=1S/C28H49NO7/c1-8-11-13-22(9-2)19-36-26(33)27(5,10-3)20-28(6,25(32)34-7)18-21(4)24(31)35-17-16-29-15-12-14-23(29)30/h21-22H,8-20H2,1-7H3. The monoisotopic (exact) mass is 511 g/mol. The Hall–Kier alpha value is -2.12. The number of rotatable bonds is 17. The number of hydrogen-bond donors (Lipinski definition) is 0. The summed E-state index contributed by atoms with van der Waals surface area (Å²) in [6, 6.07) is 0. The maximum Gasteiger partial charge on any atom is 0.311 e. The minimum atomic E-state index is -1.08. The lowest BCUT2D eigenvalue weighted by Crippen LogP contribution is -2.42. The number of carbonyl (C=O) groups is 4. The van der Waals surface area contributed by atoms with E-state index in [1.54, 1.807) is 18.7 Å². The van der Waals surface area contributed by atoms with E-state index in [-0.39, 0.29) is 31.3 Å². The minimum Gasteiger partial charge on any atom is -0.469 e. The summed E-state index contributed by atoms with van der Waals surface area (Å²) in [6.07, 6.45) is 6.42. The molecule has 1 rings (SSSR count). The summed E-state index contributed by atoms with van der Waals surface area (Å²) >= 11 is 0. The van der Waals surface area contributed by atoms with E-state index in [4.69, 9.17) is 14.2 Å². The number of ether oxygens (including phenoxy) is 3. The van der Waals surface area contributed by atoms with Crippen molar-refractivity contribution in [1.29, 1.82) is 0 Å². The average molecular weight is 512 g/mol. The van der Waals surface area contributed by atoms with Crippen molar-refractivity contribution in [1.82, 2.24) is 4.90 Å². The fourth-order valence-corrected chi connectivity index (χ4v) is 5.04. The fourth-order valence-electron chi connectivity index (χ4n) is 5.04. The van der Waals surface area contributed by atoms with Gasteiger partial charge in [0.2, 0.25) is 5.91 Å². The normalized spacial score (nSPS) is 18.6. The highest BCUT2D eigenvalue weighted by molar-refractivity contribution is 5.81. The van der Waals surface area contributed by atoms with Gasteiger partial charge in [0.15, 0.2) is 0 Å². The van der Waals surface area contributed by atoms with Crippen molar-refractivity contribution in [2.24, 2.45) is 22.7 Å². The van der Waals surface area contributed by atoms with E-state index < -0.39 is 28.7 Å². The minimum absolute atomic E-state index is 0.0822. The van der Waals surface area contributed by atoms with Gasteiger partial charge in [-0.15, -0.1) is 0 Å². The van der Waals surface area contributed by atoms with Gasteiger partial charge in [0, 0.05) is 13.0 Å². The van der Waals surface area contributed by atoms with Crippen molar-refractivity contribution in [2.75, 3.05) is 33.4 Å². The summed E-state index contributed by atoms with van der Waals surface area (Å²) in [5.41, 5.74) is -1.97. The highest BCUT2D eigenvalue weighted by Gasteiger charge is 2.47. The second kappa shape index (κ2) is 15.2. The van der Waals surface area contributed by atoms with Crippen LogP contribution in [-0.4, -0.2) is 62.1 Å². The SMILES string of the molecule is CCCCC(CC)COC(=O)C(C)(CC)CC(C)(CC(C)C(=O)OCCN1CCCC1=O)C(=O)OC. The third-order valence-corrected chi connectivity index (χ3v) is 7.66. The number of carbonyl (C=O) groups excluding carboxylic acids is 4. The van der Waals surface area contributed by atoms with Gasteiger partial charge >= 0.3 is 17.9 Å². The third kappa shape index (κ3) is 9.40. The molecule has 1 saturated heterocycles. The summed E-state index contributed by atoms with van der Waals surface area (Å²) in [7, 11) is 1.32. The van der Waals surface area contributed by atoms with Crippen molar-refractivity contribution in [3.8, 4) is 0 Å². The molecule has 0 aliphatic carbocycles. The van der Waals surface area contributed by atoms with Crippen LogP contribution >= 0.6 is 0 Å². The Kier molecular flexibility index (Phi) is 13.5. The topological polar surface area (TPSA) is 99.2 Å². The van der Waals surface area contributed by atoms with Gasteiger partial charge in [-0.3, -0.25) is 19.2 Å². The van der Waals surface area contributed by atoms with Gasteiger partial charge in [-0.05, 0) is 51.9 Å². The molecule has 1 aliphatic heterocycles. The predicted octanol–water partition coefficient (Wildman–Crippen LogP) is 4.92. The van der Waals surface area contributed by atoms with Gasteiger partial charge in [-0.25, -0.2) is 0 Å². The van der Waals surface area contributed by atoms with Crippen LogP contribution in [0.1, 0.15) is 99.3 Å². The van der Waals surface area contributed by atoms with E-state index >= 15 is 0 Å². The van der Waals surface area contributed by atoms with Gasteiger partial charge in [-0.1, -0.05) is 47.0 Å². The largest absolute Gasteiger partial charge is 0.469 e. The van der Waals surface area contributed by atoms with E-state index in [9.17, 15) is 19.2 Å². The molecule has 4 unspecified atom stereocenters. The highest BCUT2D eigenvalue weighted by atomic mass is 16.5. The van der Waals surface area contributed by atoms with Crippen LogP contribution in [0.5, 0.6) is 0 Å². The number of likely N-dealkylation sites (tertiary alicyclic amines) is 1. The Bertz CT molecular complexity index is 739. The molecule has 0 aromatic carbocycles. The van der Waals surface area contributed by atoms with Crippen LogP contribution in [0.25, 0.3) is 0 Å². The molecule has 0 saturated carbocycles. The Morgan fingerprint density at radius 2 is 1.75 bits per heavy atom. The van der Waals surface area contributed by atoms with Crippen molar-refractivity contribution < 1.29 is 33.4 Å². The Morgan fingerprint density at radius 1 is 1.06 bits per heavy atom. The molecule has 1 heterocycles. The quantitative estimate of drug-likeness (QED) is 0.202. The van der Waals surface area contributed by atoms with Crippen molar-refractivity contribution in [2.45, 2.75) is 99.3 Å². The molecule has 1 amide bonds. The van der Waals surface area contributed by atoms with Gasteiger partial charge in [-0.2, -0.15) is 0 Å². The van der Waals surface area contributed by atoms with E-state index in [1.165, 1.54) is 7.11 Å². The summed E-state index contributed by atoms with van der Waals surface area (Å²) in [4.78, 5) is 52.2. The molecule has 8 heteroatoms. The predicted molar refractivity (Wildman–Crippen MR) is 138 cm³/mol. The first-order valence-electron chi connectivity index (χ1n) is 13.7. The summed E-state index contributed by atoms with van der Waals surface area (Å²) in [5.74, 6) is -1.39. The van der Waals surface area contributed by atoms with E-state index in [0.717, 1.165) is 32.1 Å². The van der Waals surface area contributed by atoms with Crippen LogP contribution in [0.15, 0.2) is 0 Å². The molecule has 0 bridgehead atoms. The number of nitrogens with zero attached hydrogens (tertiary/aromatic N) is 1. The maximum absolute atomic E-state index is 13.2. The van der Waals surface area contributed by atoms with E-state index in [0.29, 0.717) is 38.5 Å². The van der Waals surface area contributed by atoms with Crippen molar-refractivity contribution in [3.05, 3.63) is 0 Å². The number of unbranched alkanes of at least 4 members (excludes halogenated alkanes) is 1. The van der Waals surface area contributed by atoms with Gasteiger partial charge in [0.25, 0.3) is 0 Å². The Labute approximate surface area is 217 Å². The van der Waals surface area contributed by atoms with Crippen LogP contribution in [0, 0.1) is 22.7 Å². The zero-order valence-corrected chi connectivity index (χ0v) is 23.7. The van der Waals surface area contributed by atoms with Gasteiger partial charge in [0.1, 0.15) is 6.61 Å². The summed E-state index contributed by atoms with van der Waals surface area (Å²) in [5, 5.41) is 0. The first-order chi connectivity index (χ1) is 17.0. The van der Waals surface area contributed by atoms with Crippen LogP contribution < -0.4 is 0 Å². The van der Waals surface area contributed by atoms with E-state index in [1.807, 2.05) is 13.8 Å². The molecule has 8 nitrogen and oxygen atoms in total. The highest BCUT2D eigenvalue weighted by Crippen LogP contribution is 2.43. The molecule has 36 heavy (non-hydrogen) atoms. The second-order valence-corrected chi connectivity index (χ2v) is 10.9. The first-order valence-corrected chi connectivity index (χ1v) is 13.7. The number of hydrogen-bond acceptors (Lipinski definition) is 7. The number of esters is 3. The summed E-state index contributed by atoms with van der Waals surface area (Å²) in [6.45, 7) is 13.0. The molecular weight excluding hydrogens is 462 g/mol. The number of amides is 1. The molecule has 1 aliphatic rings. The van der Waals surface area contributed by atoms with Crippen molar-refractivity contribution >= 4 is 23.8 Å². The second-order valence-electron chi connectivity index (χ2n) is 10.9. The smallest absolute Gasteiger partial charge is 0.311 e. The van der Waals surface area contributed by atoms with Crippen molar-refractivity contribution in [3.63, 3.8) is 0 Å². The first kappa shape index (κ1) is 31.9. The molecule has 0 radical (unpaired) electrons. The molecular formula is C28H49NO7. The summed E-state index contributed by atoms with van der Waals surface area (Å²) < 4.78 is 16.3. The third-order valence-electron chi connectivity index (χ3n) is 7.66. The molecule has 0 aromatic rings.